The Morgan fingerprint density at radius 1 is 1.45 bits per heavy atom. The van der Waals surface area contributed by atoms with E-state index in [0.717, 1.165) is 17.7 Å². The van der Waals surface area contributed by atoms with Gasteiger partial charge in [0.25, 0.3) is 0 Å². The van der Waals surface area contributed by atoms with Gasteiger partial charge in [-0.1, -0.05) is 13.3 Å². The predicted octanol–water partition coefficient (Wildman–Crippen LogP) is 1.54. The van der Waals surface area contributed by atoms with E-state index >= 15 is 0 Å². The number of hydrogen-bond acceptors (Lipinski definition) is 5. The number of carboxylic acids is 1. The minimum absolute atomic E-state index is 0.00755. The number of pyridine rings is 1. The Balaban J connectivity index is 2.19. The van der Waals surface area contributed by atoms with E-state index in [1.165, 1.54) is 0 Å². The zero-order chi connectivity index (χ0) is 14.5. The van der Waals surface area contributed by atoms with E-state index in [9.17, 15) is 4.79 Å². The van der Waals surface area contributed by atoms with Gasteiger partial charge >= 0.3 is 5.97 Å². The van der Waals surface area contributed by atoms with Gasteiger partial charge in [-0.2, -0.15) is 0 Å². The van der Waals surface area contributed by atoms with Crippen LogP contribution < -0.4 is 0 Å². The normalized spacial score (nSPS) is 12.3. The molecular formula is C13H17N5O2. The molecule has 20 heavy (non-hydrogen) atoms. The third-order valence-electron chi connectivity index (χ3n) is 3.17. The standard InChI is InChI=1S/C13H17N5O2/c1-3-10(6-12(19)20)8-18-13(15-16-17-18)11-5-4-9(2)14-7-11/h4-5,7,10H,3,6,8H2,1-2H3,(H,19,20). The second-order valence-electron chi connectivity index (χ2n) is 4.74. The first-order valence-electron chi connectivity index (χ1n) is 6.51. The highest BCUT2D eigenvalue weighted by Crippen LogP contribution is 2.18. The largest absolute Gasteiger partial charge is 0.481 e. The molecule has 0 radical (unpaired) electrons. The van der Waals surface area contributed by atoms with E-state index in [0.29, 0.717) is 12.4 Å². The minimum atomic E-state index is -0.802. The molecule has 7 heteroatoms. The van der Waals surface area contributed by atoms with Crippen LogP contribution >= 0.6 is 0 Å². The van der Waals surface area contributed by atoms with Crippen molar-refractivity contribution in [3.8, 4) is 11.4 Å². The number of carbonyl (C=O) groups is 1. The van der Waals surface area contributed by atoms with Crippen LogP contribution in [0.1, 0.15) is 25.5 Å². The average Bonchev–Trinajstić information content (AvgIpc) is 2.86. The van der Waals surface area contributed by atoms with Gasteiger partial charge in [0.2, 0.25) is 0 Å². The molecular weight excluding hydrogens is 258 g/mol. The summed E-state index contributed by atoms with van der Waals surface area (Å²) in [5.41, 5.74) is 1.75. The maximum atomic E-state index is 10.8. The zero-order valence-electron chi connectivity index (χ0n) is 11.5. The molecule has 0 spiro atoms. The number of aliphatic carboxylic acids is 1. The van der Waals surface area contributed by atoms with Gasteiger partial charge in [0, 0.05) is 30.4 Å². The Morgan fingerprint density at radius 2 is 2.25 bits per heavy atom. The van der Waals surface area contributed by atoms with Crippen molar-refractivity contribution in [2.24, 2.45) is 5.92 Å². The summed E-state index contributed by atoms with van der Waals surface area (Å²) >= 11 is 0. The molecule has 2 aromatic heterocycles. The monoisotopic (exact) mass is 275 g/mol. The fraction of sp³-hybridized carbons (Fsp3) is 0.462. The molecule has 1 unspecified atom stereocenters. The summed E-state index contributed by atoms with van der Waals surface area (Å²) in [7, 11) is 0. The second-order valence-corrected chi connectivity index (χ2v) is 4.74. The number of aryl methyl sites for hydroxylation is 1. The summed E-state index contributed by atoms with van der Waals surface area (Å²) in [6.07, 6.45) is 2.59. The molecule has 0 aromatic carbocycles. The van der Waals surface area contributed by atoms with Gasteiger partial charge in [0.15, 0.2) is 5.82 Å². The first-order valence-corrected chi connectivity index (χ1v) is 6.51. The van der Waals surface area contributed by atoms with E-state index in [1.807, 2.05) is 26.0 Å². The fourth-order valence-electron chi connectivity index (χ4n) is 1.96. The summed E-state index contributed by atoms with van der Waals surface area (Å²) in [4.78, 5) is 15.0. The second kappa shape index (κ2) is 6.23. The third kappa shape index (κ3) is 3.37. The maximum absolute atomic E-state index is 10.8. The number of tetrazole rings is 1. The summed E-state index contributed by atoms with van der Waals surface area (Å²) in [6, 6.07) is 3.80. The highest BCUT2D eigenvalue weighted by molar-refractivity contribution is 5.67. The first kappa shape index (κ1) is 14.1. The van der Waals surface area contributed by atoms with Crippen LogP contribution in [-0.4, -0.2) is 36.3 Å². The van der Waals surface area contributed by atoms with Gasteiger partial charge in [0.1, 0.15) is 0 Å². The van der Waals surface area contributed by atoms with Crippen LogP contribution in [0.15, 0.2) is 18.3 Å². The molecule has 0 saturated heterocycles. The van der Waals surface area contributed by atoms with E-state index in [4.69, 9.17) is 5.11 Å². The van der Waals surface area contributed by atoms with E-state index in [-0.39, 0.29) is 12.3 Å². The molecule has 0 amide bonds. The molecule has 1 atom stereocenters. The van der Waals surface area contributed by atoms with Gasteiger partial charge in [-0.15, -0.1) is 5.10 Å². The van der Waals surface area contributed by atoms with Crippen molar-refractivity contribution in [2.75, 3.05) is 0 Å². The quantitative estimate of drug-likeness (QED) is 0.859. The van der Waals surface area contributed by atoms with Crippen LogP contribution in [-0.2, 0) is 11.3 Å². The lowest BCUT2D eigenvalue weighted by molar-refractivity contribution is -0.138. The summed E-state index contributed by atoms with van der Waals surface area (Å²) < 4.78 is 1.64. The van der Waals surface area contributed by atoms with Crippen molar-refractivity contribution in [1.29, 1.82) is 0 Å². The third-order valence-corrected chi connectivity index (χ3v) is 3.17. The van der Waals surface area contributed by atoms with Crippen LogP contribution in [0.5, 0.6) is 0 Å². The van der Waals surface area contributed by atoms with Crippen LogP contribution in [0, 0.1) is 12.8 Å². The number of rotatable bonds is 6. The molecule has 0 aliphatic heterocycles. The zero-order valence-corrected chi connectivity index (χ0v) is 11.5. The van der Waals surface area contributed by atoms with Crippen LogP contribution in [0.3, 0.4) is 0 Å². The molecule has 0 fully saturated rings. The van der Waals surface area contributed by atoms with Gasteiger partial charge in [0.05, 0.1) is 0 Å². The highest BCUT2D eigenvalue weighted by atomic mass is 16.4. The van der Waals surface area contributed by atoms with Crippen molar-refractivity contribution in [3.05, 3.63) is 24.0 Å². The summed E-state index contributed by atoms with van der Waals surface area (Å²) in [5.74, 6) is -0.182. The smallest absolute Gasteiger partial charge is 0.303 e. The topological polar surface area (TPSA) is 93.8 Å². The molecule has 0 aliphatic carbocycles. The molecule has 2 heterocycles. The molecule has 1 N–H and O–H groups in total. The lowest BCUT2D eigenvalue weighted by Crippen LogP contribution is -2.16. The lowest BCUT2D eigenvalue weighted by atomic mass is 10.0. The molecule has 0 aliphatic rings. The average molecular weight is 275 g/mol. The van der Waals surface area contributed by atoms with Gasteiger partial charge in [-0.3, -0.25) is 9.78 Å². The van der Waals surface area contributed by atoms with Gasteiger partial charge in [-0.05, 0) is 35.4 Å². The lowest BCUT2D eigenvalue weighted by Gasteiger charge is -2.13. The van der Waals surface area contributed by atoms with Crippen molar-refractivity contribution < 1.29 is 9.90 Å². The van der Waals surface area contributed by atoms with Crippen LogP contribution in [0.25, 0.3) is 11.4 Å². The predicted molar refractivity (Wildman–Crippen MR) is 71.8 cm³/mol. The molecule has 106 valence electrons. The summed E-state index contributed by atoms with van der Waals surface area (Å²) in [6.45, 7) is 4.36. The van der Waals surface area contributed by atoms with Crippen molar-refractivity contribution in [2.45, 2.75) is 33.2 Å². The number of nitrogens with zero attached hydrogens (tertiary/aromatic N) is 5. The summed E-state index contributed by atoms with van der Waals surface area (Å²) in [5, 5.41) is 20.5. The number of aromatic nitrogens is 5. The van der Waals surface area contributed by atoms with Crippen molar-refractivity contribution in [3.63, 3.8) is 0 Å². The highest BCUT2D eigenvalue weighted by Gasteiger charge is 2.16. The van der Waals surface area contributed by atoms with E-state index < -0.39 is 5.97 Å². The SMILES string of the molecule is CCC(CC(=O)O)Cn1nnnc1-c1ccc(C)nc1. The number of hydrogen-bond donors (Lipinski definition) is 1. The molecule has 2 rings (SSSR count). The fourth-order valence-corrected chi connectivity index (χ4v) is 1.96. The molecule has 0 bridgehead atoms. The molecule has 2 aromatic rings. The molecule has 7 nitrogen and oxygen atoms in total. The van der Waals surface area contributed by atoms with Gasteiger partial charge in [-0.25, -0.2) is 4.68 Å². The van der Waals surface area contributed by atoms with Crippen LogP contribution in [0.4, 0.5) is 0 Å². The number of carboxylic acid groups (broad SMARTS) is 1. The Labute approximate surface area is 116 Å². The maximum Gasteiger partial charge on any atom is 0.303 e. The minimum Gasteiger partial charge on any atom is -0.481 e. The molecule has 0 saturated carbocycles. The van der Waals surface area contributed by atoms with Gasteiger partial charge < -0.3 is 5.11 Å². The van der Waals surface area contributed by atoms with Crippen molar-refractivity contribution >= 4 is 5.97 Å². The Hall–Kier alpha value is -2.31. The Bertz CT molecular complexity index is 579. The first-order chi connectivity index (χ1) is 9.60. The Morgan fingerprint density at radius 3 is 2.85 bits per heavy atom. The van der Waals surface area contributed by atoms with E-state index in [2.05, 4.69) is 20.5 Å². The Kier molecular flexibility index (Phi) is 4.39. The van der Waals surface area contributed by atoms with Crippen LogP contribution in [0.2, 0.25) is 0 Å². The van der Waals surface area contributed by atoms with Crippen molar-refractivity contribution in [1.82, 2.24) is 25.2 Å². The van der Waals surface area contributed by atoms with E-state index in [1.54, 1.807) is 10.9 Å².